The molecule has 0 spiro atoms. The van der Waals surface area contributed by atoms with E-state index in [9.17, 15) is 26.5 Å². The monoisotopic (exact) mass is 308 g/mol. The van der Waals surface area contributed by atoms with E-state index < -0.39 is 42.9 Å². The van der Waals surface area contributed by atoms with Crippen molar-refractivity contribution in [1.29, 1.82) is 0 Å². The molecule has 20 heavy (non-hydrogen) atoms. The zero-order chi connectivity index (χ0) is 14.9. The van der Waals surface area contributed by atoms with Crippen molar-refractivity contribution < 1.29 is 31.0 Å². The fourth-order valence-electron chi connectivity index (χ4n) is 1.40. The molecule has 1 unspecified atom stereocenters. The van der Waals surface area contributed by atoms with E-state index >= 15 is 0 Å². The second kappa shape index (κ2) is 5.63. The van der Waals surface area contributed by atoms with Gasteiger partial charge >= 0.3 is 0 Å². The van der Waals surface area contributed by atoms with E-state index in [4.69, 9.17) is 0 Å². The van der Waals surface area contributed by atoms with E-state index in [1.807, 2.05) is 0 Å². The van der Waals surface area contributed by atoms with E-state index in [0.29, 0.717) is 0 Å². The Morgan fingerprint density at radius 1 is 0.750 bits per heavy atom. The molecule has 0 saturated carbocycles. The molecule has 0 N–H and O–H groups in total. The van der Waals surface area contributed by atoms with Gasteiger partial charge in [-0.1, -0.05) is 18.2 Å². The lowest BCUT2D eigenvalue weighted by molar-refractivity contribution is 0.350. The van der Waals surface area contributed by atoms with Crippen molar-refractivity contribution in [3.8, 4) is 5.75 Å². The van der Waals surface area contributed by atoms with E-state index in [1.165, 1.54) is 24.3 Å². The van der Waals surface area contributed by atoms with Crippen molar-refractivity contribution in [2.45, 2.75) is 0 Å². The van der Waals surface area contributed by atoms with Gasteiger partial charge < -0.3 is 4.52 Å². The van der Waals surface area contributed by atoms with E-state index in [2.05, 4.69) is 4.52 Å². The second-order valence-corrected chi connectivity index (χ2v) is 5.01. The summed E-state index contributed by atoms with van der Waals surface area (Å²) >= 11 is 0. The Hall–Kier alpha value is -1.88. The van der Waals surface area contributed by atoms with Crippen molar-refractivity contribution in [2.24, 2.45) is 0 Å². The first-order valence-electron chi connectivity index (χ1n) is 5.22. The molecule has 2 aromatic rings. The molecule has 0 aliphatic carbocycles. The number of hydrogen-bond donors (Lipinski definition) is 0. The summed E-state index contributed by atoms with van der Waals surface area (Å²) < 4.78 is 81.4. The van der Waals surface area contributed by atoms with E-state index in [0.717, 1.165) is 0 Å². The van der Waals surface area contributed by atoms with Crippen LogP contribution in [0.5, 0.6) is 5.75 Å². The van der Waals surface area contributed by atoms with Gasteiger partial charge in [-0.15, -0.1) is 0 Å². The minimum Gasteiger partial charge on any atom is -0.435 e. The smallest absolute Gasteiger partial charge is 0.266 e. The highest BCUT2D eigenvalue weighted by Crippen LogP contribution is 2.34. The normalized spacial score (nSPS) is 12.2. The predicted octanol–water partition coefficient (Wildman–Crippen LogP) is 3.56. The Balaban J connectivity index is 2.43. The topological polar surface area (TPSA) is 26.3 Å². The van der Waals surface area contributed by atoms with Gasteiger partial charge in [-0.2, -0.15) is 8.78 Å². The fraction of sp³-hybridized carbons (Fsp3) is 0. The van der Waals surface area contributed by atoms with Crippen LogP contribution < -0.4 is 9.83 Å². The molecule has 0 aromatic heterocycles. The Morgan fingerprint density at radius 3 is 1.70 bits per heavy atom. The van der Waals surface area contributed by atoms with Crippen LogP contribution in [0.1, 0.15) is 0 Å². The average molecular weight is 308 g/mol. The molecule has 0 aliphatic rings. The zero-order valence-corrected chi connectivity index (χ0v) is 10.6. The van der Waals surface area contributed by atoms with E-state index in [-0.39, 0.29) is 5.30 Å². The fourth-order valence-corrected chi connectivity index (χ4v) is 2.35. The van der Waals surface area contributed by atoms with Crippen LogP contribution in [0, 0.1) is 29.1 Å². The van der Waals surface area contributed by atoms with Crippen LogP contribution in [-0.4, -0.2) is 0 Å². The molecule has 0 radical (unpaired) electrons. The van der Waals surface area contributed by atoms with Crippen molar-refractivity contribution >= 4 is 13.3 Å². The van der Waals surface area contributed by atoms with Crippen LogP contribution in [0.25, 0.3) is 0 Å². The molecule has 0 amide bonds. The molecule has 2 aromatic carbocycles. The maximum absolute atomic E-state index is 13.3. The van der Waals surface area contributed by atoms with Crippen LogP contribution in [-0.2, 0) is 4.57 Å². The molecule has 0 heterocycles. The highest BCUT2D eigenvalue weighted by atomic mass is 31.1. The Morgan fingerprint density at radius 2 is 1.20 bits per heavy atom. The Labute approximate surface area is 110 Å². The largest absolute Gasteiger partial charge is 0.435 e. The quantitative estimate of drug-likeness (QED) is 0.375. The molecule has 0 bridgehead atoms. The van der Waals surface area contributed by atoms with Gasteiger partial charge in [-0.05, 0) is 12.1 Å². The van der Waals surface area contributed by atoms with Crippen molar-refractivity contribution in [2.75, 3.05) is 0 Å². The summed E-state index contributed by atoms with van der Waals surface area (Å²) in [6.07, 6.45) is 0. The van der Waals surface area contributed by atoms with Gasteiger partial charge in [0.05, 0.1) is 0 Å². The third-order valence-corrected chi connectivity index (χ3v) is 3.57. The Bertz CT molecular complexity index is 646. The van der Waals surface area contributed by atoms with Gasteiger partial charge in [-0.25, -0.2) is 13.2 Å². The molecular weight excluding hydrogens is 302 g/mol. The van der Waals surface area contributed by atoms with Crippen molar-refractivity contribution in [3.05, 3.63) is 59.4 Å². The number of hydrogen-bond acceptors (Lipinski definition) is 2. The van der Waals surface area contributed by atoms with E-state index in [1.54, 1.807) is 6.07 Å². The lowest BCUT2D eigenvalue weighted by Crippen LogP contribution is -2.06. The summed E-state index contributed by atoms with van der Waals surface area (Å²) in [7, 11) is -3.20. The first-order chi connectivity index (χ1) is 9.43. The predicted molar refractivity (Wildman–Crippen MR) is 61.9 cm³/mol. The molecule has 106 valence electrons. The summed E-state index contributed by atoms with van der Waals surface area (Å²) in [5, 5.41) is 0.0847. The third kappa shape index (κ3) is 2.54. The highest BCUT2D eigenvalue weighted by Gasteiger charge is 2.28. The van der Waals surface area contributed by atoms with Crippen molar-refractivity contribution in [3.63, 3.8) is 0 Å². The lowest BCUT2D eigenvalue weighted by atomic mass is 10.3. The molecule has 0 saturated heterocycles. The van der Waals surface area contributed by atoms with Crippen LogP contribution in [0.4, 0.5) is 22.0 Å². The maximum Gasteiger partial charge on any atom is 0.266 e. The minimum absolute atomic E-state index is 0.0847. The van der Waals surface area contributed by atoms with Crippen LogP contribution >= 0.6 is 8.03 Å². The molecule has 8 heteroatoms. The zero-order valence-electron chi connectivity index (χ0n) is 9.59. The summed E-state index contributed by atoms with van der Waals surface area (Å²) in [5.74, 6) is -12.5. The summed E-state index contributed by atoms with van der Waals surface area (Å²) in [6, 6.07) is 7.25. The van der Waals surface area contributed by atoms with Gasteiger partial charge in [0.25, 0.3) is 8.03 Å². The number of rotatable bonds is 3. The highest BCUT2D eigenvalue weighted by molar-refractivity contribution is 7.48. The maximum atomic E-state index is 13.3. The van der Waals surface area contributed by atoms with Gasteiger partial charge in [0.2, 0.25) is 34.8 Å². The molecular formula is C12H6F5O2P. The first-order valence-corrected chi connectivity index (χ1v) is 6.53. The van der Waals surface area contributed by atoms with Crippen LogP contribution in [0.2, 0.25) is 0 Å². The standard InChI is InChI=1S/C12H6F5O2P/c13-7-8(14)10(16)12(11(17)9(7)15)19-20(18)6-4-2-1-3-5-6/h1-5,20H. The van der Waals surface area contributed by atoms with Gasteiger partial charge in [0.15, 0.2) is 0 Å². The summed E-state index contributed by atoms with van der Waals surface area (Å²) in [5.41, 5.74) is 0. The summed E-state index contributed by atoms with van der Waals surface area (Å²) in [4.78, 5) is 0. The molecule has 2 nitrogen and oxygen atoms in total. The molecule has 1 atom stereocenters. The van der Waals surface area contributed by atoms with Crippen LogP contribution in [0.3, 0.4) is 0 Å². The number of benzene rings is 2. The van der Waals surface area contributed by atoms with Gasteiger partial charge in [0.1, 0.15) is 0 Å². The Kier molecular flexibility index (Phi) is 4.09. The second-order valence-electron chi connectivity index (χ2n) is 3.65. The first kappa shape index (κ1) is 14.5. The average Bonchev–Trinajstić information content (AvgIpc) is 2.48. The SMILES string of the molecule is O=[PH](Oc1c(F)c(F)c(F)c(F)c1F)c1ccccc1. The number of halogens is 5. The molecule has 0 aliphatic heterocycles. The molecule has 2 rings (SSSR count). The van der Waals surface area contributed by atoms with Crippen LogP contribution in [0.15, 0.2) is 30.3 Å². The van der Waals surface area contributed by atoms with Gasteiger partial charge in [0, 0.05) is 5.30 Å². The molecule has 0 fully saturated rings. The third-order valence-electron chi connectivity index (χ3n) is 2.37. The minimum atomic E-state index is -3.20. The van der Waals surface area contributed by atoms with Gasteiger partial charge in [-0.3, -0.25) is 4.57 Å². The summed E-state index contributed by atoms with van der Waals surface area (Å²) in [6.45, 7) is 0. The lowest BCUT2D eigenvalue weighted by Gasteiger charge is -2.10. The van der Waals surface area contributed by atoms with Crippen molar-refractivity contribution in [1.82, 2.24) is 0 Å².